The molecule has 0 fully saturated rings. The van der Waals surface area contributed by atoms with Crippen LogP contribution >= 0.6 is 0 Å². The molecular weight excluding hydrogens is 452 g/mol. The number of hydrogen-bond donors (Lipinski definition) is 1. The highest BCUT2D eigenvalue weighted by Crippen LogP contribution is 2.13. The first kappa shape index (κ1) is 33.0. The Hall–Kier alpha value is -0.960. The fourth-order valence-electron chi connectivity index (χ4n) is 3.83. The maximum Gasteiger partial charge on any atom is 0.399 e. The molecule has 0 amide bonds. The molecule has 1 aliphatic rings. The highest BCUT2D eigenvalue weighted by atomic mass is 32.3. The van der Waals surface area contributed by atoms with Gasteiger partial charge in [-0.3, -0.25) is 4.99 Å². The minimum atomic E-state index is -3.68. The third-order valence-electron chi connectivity index (χ3n) is 5.68. The largest absolute Gasteiger partial charge is 0.399 e. The minimum Gasteiger partial charge on any atom is -0.391 e. The van der Waals surface area contributed by atoms with Gasteiger partial charge in [-0.1, -0.05) is 89.7 Å². The van der Waals surface area contributed by atoms with Gasteiger partial charge >= 0.3 is 10.4 Å². The van der Waals surface area contributed by atoms with Gasteiger partial charge in [-0.05, 0) is 33.6 Å². The van der Waals surface area contributed by atoms with Crippen LogP contribution < -0.4 is 0 Å². The first-order valence-corrected chi connectivity index (χ1v) is 14.8. The summed E-state index contributed by atoms with van der Waals surface area (Å²) in [7, 11) is -3.68. The van der Waals surface area contributed by atoms with Crippen molar-refractivity contribution in [2.45, 2.75) is 123 Å². The fourth-order valence-corrected chi connectivity index (χ4v) is 4.47. The standard InChI is InChI=1S/C22H42N2O.C4H10O4S/c1-3-4-5-6-7-8-9-10-11-12-13-14-15-16-17-22(21(2)25)24-19-18-23-20-24;1-3-7-9(5,6)8-4-2/h16-17,20-22,25H,3-15,18-19H2,1-2H3;3-4H2,1-2H3/b17-16+;. The Morgan fingerprint density at radius 1 is 0.912 bits per heavy atom. The van der Waals surface area contributed by atoms with E-state index in [0.717, 1.165) is 19.5 Å². The lowest BCUT2D eigenvalue weighted by atomic mass is 10.0. The summed E-state index contributed by atoms with van der Waals surface area (Å²) >= 11 is 0. The average molecular weight is 505 g/mol. The third kappa shape index (κ3) is 19.4. The lowest BCUT2D eigenvalue weighted by Gasteiger charge is -2.26. The summed E-state index contributed by atoms with van der Waals surface area (Å²) in [5.41, 5.74) is 0. The number of aliphatic hydroxyl groups excluding tert-OH is 1. The summed E-state index contributed by atoms with van der Waals surface area (Å²) in [5, 5.41) is 9.92. The van der Waals surface area contributed by atoms with E-state index >= 15 is 0 Å². The first-order chi connectivity index (χ1) is 16.4. The Morgan fingerprint density at radius 3 is 1.82 bits per heavy atom. The second kappa shape index (κ2) is 22.5. The van der Waals surface area contributed by atoms with Gasteiger partial charge in [0.1, 0.15) is 0 Å². The van der Waals surface area contributed by atoms with Gasteiger partial charge in [0, 0.05) is 6.54 Å². The molecule has 2 atom stereocenters. The summed E-state index contributed by atoms with van der Waals surface area (Å²) in [6, 6.07) is 0.0866. The molecule has 2 unspecified atom stereocenters. The molecule has 0 saturated heterocycles. The monoisotopic (exact) mass is 504 g/mol. The molecule has 0 aromatic carbocycles. The SMILES string of the molecule is CCCCCCCCCCCCCC/C=C/C(C(C)O)N1C=NCC1.CCOS(=O)(=O)OCC. The topological polar surface area (TPSA) is 88.4 Å². The molecule has 1 N–H and O–H groups in total. The molecule has 0 aromatic rings. The van der Waals surface area contributed by atoms with E-state index in [2.05, 4.69) is 37.3 Å². The minimum absolute atomic E-state index is 0.0866. The van der Waals surface area contributed by atoms with Crippen molar-refractivity contribution in [1.82, 2.24) is 4.90 Å². The predicted octanol–water partition coefficient (Wildman–Crippen LogP) is 6.03. The summed E-state index contributed by atoms with van der Waals surface area (Å²) in [5.74, 6) is 0. The van der Waals surface area contributed by atoms with Crippen LogP contribution in [0, 0.1) is 0 Å². The van der Waals surface area contributed by atoms with Gasteiger partial charge in [0.2, 0.25) is 0 Å². The Morgan fingerprint density at radius 2 is 1.41 bits per heavy atom. The molecule has 0 aliphatic carbocycles. The van der Waals surface area contributed by atoms with Crippen LogP contribution in [0.1, 0.15) is 111 Å². The molecule has 1 heterocycles. The average Bonchev–Trinajstić information content (AvgIpc) is 3.31. The number of allylic oxidation sites excluding steroid dienone is 1. The van der Waals surface area contributed by atoms with E-state index in [4.69, 9.17) is 0 Å². The molecule has 34 heavy (non-hydrogen) atoms. The van der Waals surface area contributed by atoms with E-state index < -0.39 is 10.4 Å². The van der Waals surface area contributed by atoms with E-state index in [-0.39, 0.29) is 25.4 Å². The van der Waals surface area contributed by atoms with Gasteiger partial charge in [-0.25, -0.2) is 8.37 Å². The molecule has 1 rings (SSSR count). The molecule has 1 aliphatic heterocycles. The van der Waals surface area contributed by atoms with Crippen LogP contribution in [0.3, 0.4) is 0 Å². The van der Waals surface area contributed by atoms with E-state index in [1.54, 1.807) is 13.8 Å². The molecule has 7 nitrogen and oxygen atoms in total. The van der Waals surface area contributed by atoms with E-state index in [1.165, 1.54) is 77.0 Å². The summed E-state index contributed by atoms with van der Waals surface area (Å²) in [6.07, 6.45) is 23.8. The molecule has 0 radical (unpaired) electrons. The molecular formula is C26H52N2O5S. The van der Waals surface area contributed by atoms with E-state index in [0.29, 0.717) is 0 Å². The van der Waals surface area contributed by atoms with Crippen molar-refractivity contribution in [3.63, 3.8) is 0 Å². The van der Waals surface area contributed by atoms with Crippen molar-refractivity contribution in [3.8, 4) is 0 Å². The normalized spacial score (nSPS) is 15.5. The van der Waals surface area contributed by atoms with Gasteiger partial charge in [-0.2, -0.15) is 8.42 Å². The Kier molecular flexibility index (Phi) is 21.9. The lowest BCUT2D eigenvalue weighted by molar-refractivity contribution is 0.130. The zero-order valence-corrected chi connectivity index (χ0v) is 23.1. The third-order valence-corrected chi connectivity index (χ3v) is 6.73. The second-order valence-electron chi connectivity index (χ2n) is 8.82. The molecule has 0 bridgehead atoms. The van der Waals surface area contributed by atoms with Gasteiger partial charge in [0.25, 0.3) is 0 Å². The smallest absolute Gasteiger partial charge is 0.391 e. The molecule has 0 saturated carbocycles. The van der Waals surface area contributed by atoms with Gasteiger partial charge in [0.15, 0.2) is 0 Å². The number of nitrogens with zero attached hydrogens (tertiary/aromatic N) is 2. The number of unbranched alkanes of at least 4 members (excludes halogenated alkanes) is 12. The van der Waals surface area contributed by atoms with Crippen LogP contribution in [0.2, 0.25) is 0 Å². The van der Waals surface area contributed by atoms with E-state index in [9.17, 15) is 13.5 Å². The van der Waals surface area contributed by atoms with Crippen molar-refractivity contribution < 1.29 is 21.9 Å². The zero-order chi connectivity index (χ0) is 25.5. The van der Waals surface area contributed by atoms with Crippen LogP contribution in [0.25, 0.3) is 0 Å². The van der Waals surface area contributed by atoms with Crippen LogP contribution in [-0.4, -0.2) is 63.2 Å². The quantitative estimate of drug-likeness (QED) is 0.161. The van der Waals surface area contributed by atoms with Gasteiger partial charge in [-0.15, -0.1) is 0 Å². The van der Waals surface area contributed by atoms with Crippen molar-refractivity contribution in [1.29, 1.82) is 0 Å². The number of rotatable bonds is 20. The first-order valence-electron chi connectivity index (χ1n) is 13.5. The fraction of sp³-hybridized carbons (Fsp3) is 0.885. The Balaban J connectivity index is 0.00000102. The van der Waals surface area contributed by atoms with Crippen LogP contribution in [-0.2, 0) is 18.8 Å². The Bertz CT molecular complexity index is 596. The van der Waals surface area contributed by atoms with Gasteiger partial charge in [0.05, 0.1) is 38.2 Å². The zero-order valence-electron chi connectivity index (χ0n) is 22.3. The number of aliphatic hydroxyl groups is 1. The van der Waals surface area contributed by atoms with Gasteiger partial charge < -0.3 is 10.0 Å². The molecule has 0 spiro atoms. The molecule has 202 valence electrons. The summed E-state index contributed by atoms with van der Waals surface area (Å²) < 4.78 is 29.2. The summed E-state index contributed by atoms with van der Waals surface area (Å²) in [4.78, 5) is 6.38. The van der Waals surface area contributed by atoms with Crippen LogP contribution in [0.5, 0.6) is 0 Å². The lowest BCUT2D eigenvalue weighted by Crippen LogP contribution is -2.39. The van der Waals surface area contributed by atoms with Crippen LogP contribution in [0.15, 0.2) is 17.1 Å². The molecule has 8 heteroatoms. The summed E-state index contributed by atoms with van der Waals surface area (Å²) in [6.45, 7) is 9.32. The highest BCUT2D eigenvalue weighted by Gasteiger charge is 2.19. The molecule has 0 aromatic heterocycles. The number of hydrogen-bond acceptors (Lipinski definition) is 7. The van der Waals surface area contributed by atoms with Crippen molar-refractivity contribution in [2.24, 2.45) is 4.99 Å². The highest BCUT2D eigenvalue weighted by molar-refractivity contribution is 7.81. The maximum absolute atomic E-state index is 10.4. The van der Waals surface area contributed by atoms with Crippen molar-refractivity contribution in [2.75, 3.05) is 26.3 Å². The second-order valence-corrected chi connectivity index (χ2v) is 10.1. The van der Waals surface area contributed by atoms with E-state index in [1.807, 2.05) is 13.3 Å². The Labute approximate surface area is 210 Å². The van der Waals surface area contributed by atoms with Crippen molar-refractivity contribution >= 4 is 16.7 Å². The number of aliphatic imine (C=N–C) groups is 1. The predicted molar refractivity (Wildman–Crippen MR) is 143 cm³/mol. The van der Waals surface area contributed by atoms with Crippen molar-refractivity contribution in [3.05, 3.63) is 12.2 Å². The van der Waals surface area contributed by atoms with Crippen LogP contribution in [0.4, 0.5) is 0 Å². The maximum atomic E-state index is 10.4.